The van der Waals surface area contributed by atoms with E-state index in [4.69, 9.17) is 0 Å². The summed E-state index contributed by atoms with van der Waals surface area (Å²) in [7, 11) is 0. The first-order valence-electron chi connectivity index (χ1n) is 8.20. The predicted molar refractivity (Wildman–Crippen MR) is 77.1 cm³/mol. The summed E-state index contributed by atoms with van der Waals surface area (Å²) in [5, 5.41) is 12.9. The second-order valence-electron chi connectivity index (χ2n) is 6.44. The lowest BCUT2D eigenvalue weighted by molar-refractivity contribution is -0.144. The van der Waals surface area contributed by atoms with E-state index < -0.39 is 5.97 Å². The standard InChI is InChI=1S/C16H29NO2/c1-2-3-4-5-6-7-10-17-15-13-9-8-12(11-13)14(15)16(18)19/h12-15,17H,2-11H2,1H3,(H,18,19). The monoisotopic (exact) mass is 267 g/mol. The number of carboxylic acids is 1. The molecule has 2 aliphatic carbocycles. The van der Waals surface area contributed by atoms with Crippen molar-refractivity contribution in [3.63, 3.8) is 0 Å². The highest BCUT2D eigenvalue weighted by atomic mass is 16.4. The van der Waals surface area contributed by atoms with E-state index in [2.05, 4.69) is 12.2 Å². The summed E-state index contributed by atoms with van der Waals surface area (Å²) in [5.41, 5.74) is 0. The van der Waals surface area contributed by atoms with Gasteiger partial charge in [0.15, 0.2) is 0 Å². The van der Waals surface area contributed by atoms with E-state index >= 15 is 0 Å². The van der Waals surface area contributed by atoms with Crippen LogP contribution in [-0.2, 0) is 4.79 Å². The van der Waals surface area contributed by atoms with Crippen molar-refractivity contribution in [2.24, 2.45) is 17.8 Å². The molecular formula is C16H29NO2. The van der Waals surface area contributed by atoms with E-state index in [1.54, 1.807) is 0 Å². The number of nitrogens with one attached hydrogen (secondary N) is 1. The van der Waals surface area contributed by atoms with Crippen LogP contribution < -0.4 is 5.32 Å². The number of hydrogen-bond acceptors (Lipinski definition) is 2. The Balaban J connectivity index is 1.63. The number of aliphatic carboxylic acids is 1. The largest absolute Gasteiger partial charge is 0.481 e. The quantitative estimate of drug-likeness (QED) is 0.629. The Morgan fingerprint density at radius 1 is 1.11 bits per heavy atom. The Labute approximate surface area is 117 Å². The van der Waals surface area contributed by atoms with Crippen molar-refractivity contribution in [1.82, 2.24) is 5.32 Å². The second-order valence-corrected chi connectivity index (χ2v) is 6.44. The first-order valence-corrected chi connectivity index (χ1v) is 8.20. The van der Waals surface area contributed by atoms with Gasteiger partial charge < -0.3 is 10.4 Å². The molecule has 0 aliphatic heterocycles. The van der Waals surface area contributed by atoms with Crippen LogP contribution in [0.4, 0.5) is 0 Å². The van der Waals surface area contributed by atoms with Gasteiger partial charge in [-0.2, -0.15) is 0 Å². The average Bonchev–Trinajstić information content (AvgIpc) is 2.98. The average molecular weight is 267 g/mol. The first-order chi connectivity index (χ1) is 9.24. The van der Waals surface area contributed by atoms with Gasteiger partial charge in [-0.1, -0.05) is 39.0 Å². The summed E-state index contributed by atoms with van der Waals surface area (Å²) in [6, 6.07) is 0.256. The zero-order chi connectivity index (χ0) is 13.7. The zero-order valence-electron chi connectivity index (χ0n) is 12.2. The normalized spacial score (nSPS) is 32.9. The van der Waals surface area contributed by atoms with E-state index in [1.807, 2.05) is 0 Å². The van der Waals surface area contributed by atoms with Crippen LogP contribution in [0.15, 0.2) is 0 Å². The minimum Gasteiger partial charge on any atom is -0.481 e. The molecule has 3 heteroatoms. The maximum atomic E-state index is 11.4. The Morgan fingerprint density at radius 2 is 1.79 bits per heavy atom. The maximum absolute atomic E-state index is 11.4. The van der Waals surface area contributed by atoms with Gasteiger partial charge in [0.25, 0.3) is 0 Å². The Bertz CT molecular complexity index is 292. The van der Waals surface area contributed by atoms with Crippen molar-refractivity contribution < 1.29 is 9.90 Å². The smallest absolute Gasteiger partial charge is 0.308 e. The number of carbonyl (C=O) groups is 1. The molecule has 19 heavy (non-hydrogen) atoms. The van der Waals surface area contributed by atoms with Crippen molar-refractivity contribution in [3.8, 4) is 0 Å². The molecule has 4 unspecified atom stereocenters. The minimum atomic E-state index is -0.576. The minimum absolute atomic E-state index is 0.112. The third-order valence-electron chi connectivity index (χ3n) is 5.11. The SMILES string of the molecule is CCCCCCCCNC1C2CCC(C2)C1C(=O)O. The lowest BCUT2D eigenvalue weighted by Crippen LogP contribution is -2.44. The fraction of sp³-hybridized carbons (Fsp3) is 0.938. The third-order valence-corrected chi connectivity index (χ3v) is 5.11. The van der Waals surface area contributed by atoms with Gasteiger partial charge in [-0.05, 0) is 44.1 Å². The zero-order valence-corrected chi connectivity index (χ0v) is 12.2. The molecule has 0 aromatic carbocycles. The highest BCUT2D eigenvalue weighted by Gasteiger charge is 2.50. The summed E-state index contributed by atoms with van der Waals surface area (Å²) in [6.45, 7) is 3.24. The van der Waals surface area contributed by atoms with Crippen LogP contribution in [0.2, 0.25) is 0 Å². The Kier molecular flexibility index (Phi) is 5.68. The molecule has 110 valence electrons. The van der Waals surface area contributed by atoms with Crippen LogP contribution in [0.1, 0.15) is 64.7 Å². The van der Waals surface area contributed by atoms with Crippen LogP contribution in [0, 0.1) is 17.8 Å². The molecule has 0 aromatic rings. The van der Waals surface area contributed by atoms with Crippen LogP contribution in [0.5, 0.6) is 0 Å². The highest BCUT2D eigenvalue weighted by molar-refractivity contribution is 5.72. The maximum Gasteiger partial charge on any atom is 0.308 e. The molecule has 2 fully saturated rings. The second kappa shape index (κ2) is 7.28. The highest BCUT2D eigenvalue weighted by Crippen LogP contribution is 2.48. The number of rotatable bonds is 9. The third kappa shape index (κ3) is 3.71. The molecule has 2 aliphatic rings. The number of hydrogen-bond donors (Lipinski definition) is 2. The Hall–Kier alpha value is -0.570. The lowest BCUT2D eigenvalue weighted by Gasteiger charge is -2.29. The molecule has 0 amide bonds. The van der Waals surface area contributed by atoms with Crippen molar-refractivity contribution in [2.75, 3.05) is 6.54 Å². The molecule has 2 rings (SSSR count). The predicted octanol–water partition coefficient (Wildman–Crippen LogP) is 3.44. The number of unbranched alkanes of at least 4 members (excludes halogenated alkanes) is 5. The molecule has 2 N–H and O–H groups in total. The van der Waals surface area contributed by atoms with Gasteiger partial charge in [0, 0.05) is 6.04 Å². The molecule has 4 atom stereocenters. The van der Waals surface area contributed by atoms with Crippen molar-refractivity contribution in [2.45, 2.75) is 70.8 Å². The van der Waals surface area contributed by atoms with Gasteiger partial charge in [0.05, 0.1) is 5.92 Å². The molecule has 0 spiro atoms. The van der Waals surface area contributed by atoms with Gasteiger partial charge in [-0.3, -0.25) is 4.79 Å². The van der Waals surface area contributed by atoms with Gasteiger partial charge in [0.2, 0.25) is 0 Å². The summed E-state index contributed by atoms with van der Waals surface area (Å²) in [5.74, 6) is 0.391. The summed E-state index contributed by atoms with van der Waals surface area (Å²) in [6.07, 6.45) is 11.3. The molecule has 0 heterocycles. The van der Waals surface area contributed by atoms with E-state index in [0.29, 0.717) is 11.8 Å². The van der Waals surface area contributed by atoms with Crippen LogP contribution in [-0.4, -0.2) is 23.7 Å². The van der Waals surface area contributed by atoms with Crippen molar-refractivity contribution in [1.29, 1.82) is 0 Å². The number of fused-ring (bicyclic) bond motifs is 2. The fourth-order valence-electron chi connectivity index (χ4n) is 4.11. The Morgan fingerprint density at radius 3 is 2.53 bits per heavy atom. The van der Waals surface area contributed by atoms with Gasteiger partial charge >= 0.3 is 5.97 Å². The molecule has 0 radical (unpaired) electrons. The first kappa shape index (κ1) is 14.8. The van der Waals surface area contributed by atoms with E-state index in [0.717, 1.165) is 19.4 Å². The van der Waals surface area contributed by atoms with Crippen molar-refractivity contribution >= 4 is 5.97 Å². The van der Waals surface area contributed by atoms with Crippen molar-refractivity contribution in [3.05, 3.63) is 0 Å². The van der Waals surface area contributed by atoms with E-state index in [9.17, 15) is 9.90 Å². The van der Waals surface area contributed by atoms with E-state index in [-0.39, 0.29) is 12.0 Å². The van der Waals surface area contributed by atoms with Gasteiger partial charge in [-0.25, -0.2) is 0 Å². The van der Waals surface area contributed by atoms with Crippen LogP contribution >= 0.6 is 0 Å². The summed E-state index contributed by atoms with van der Waals surface area (Å²) < 4.78 is 0. The van der Waals surface area contributed by atoms with E-state index in [1.165, 1.54) is 44.9 Å². The summed E-state index contributed by atoms with van der Waals surface area (Å²) >= 11 is 0. The van der Waals surface area contributed by atoms with Crippen LogP contribution in [0.3, 0.4) is 0 Å². The molecular weight excluding hydrogens is 238 g/mol. The summed E-state index contributed by atoms with van der Waals surface area (Å²) in [4.78, 5) is 11.4. The molecule has 0 saturated heterocycles. The topological polar surface area (TPSA) is 49.3 Å². The fourth-order valence-corrected chi connectivity index (χ4v) is 4.11. The molecule has 0 aromatic heterocycles. The van der Waals surface area contributed by atoms with Gasteiger partial charge in [-0.15, -0.1) is 0 Å². The van der Waals surface area contributed by atoms with Crippen LogP contribution in [0.25, 0.3) is 0 Å². The molecule has 2 bridgehead atoms. The molecule has 3 nitrogen and oxygen atoms in total. The molecule has 2 saturated carbocycles. The van der Waals surface area contributed by atoms with Gasteiger partial charge in [0.1, 0.15) is 0 Å². The lowest BCUT2D eigenvalue weighted by atomic mass is 9.84. The number of carboxylic acid groups (broad SMARTS) is 1.